The molecule has 2 heterocycles. The Morgan fingerprint density at radius 3 is 3.07 bits per heavy atom. The summed E-state index contributed by atoms with van der Waals surface area (Å²) in [5, 5.41) is 9.54. The van der Waals surface area contributed by atoms with E-state index >= 15 is 0 Å². The summed E-state index contributed by atoms with van der Waals surface area (Å²) < 4.78 is 2.14. The van der Waals surface area contributed by atoms with Crippen LogP contribution in [0.25, 0.3) is 0 Å². The van der Waals surface area contributed by atoms with Crippen molar-refractivity contribution in [2.75, 3.05) is 18.0 Å². The molecule has 4 nitrogen and oxygen atoms in total. The van der Waals surface area contributed by atoms with E-state index in [0.717, 1.165) is 32.0 Å². The molecule has 1 N–H and O–H groups in total. The van der Waals surface area contributed by atoms with Gasteiger partial charge >= 0.3 is 0 Å². The Balaban J connectivity index is 2.07. The first-order chi connectivity index (χ1) is 7.22. The van der Waals surface area contributed by atoms with Gasteiger partial charge in [0.15, 0.2) is 0 Å². The minimum atomic E-state index is -0.208. The molecule has 1 aromatic heterocycles. The van der Waals surface area contributed by atoms with Crippen LogP contribution >= 0.6 is 0 Å². The smallest absolute Gasteiger partial charge is 0.205 e. The highest BCUT2D eigenvalue weighted by Crippen LogP contribution is 2.24. The first-order valence-corrected chi connectivity index (χ1v) is 5.66. The summed E-state index contributed by atoms with van der Waals surface area (Å²) in [6, 6.07) is 0. The van der Waals surface area contributed by atoms with Crippen LogP contribution < -0.4 is 4.90 Å². The number of aliphatic hydroxyl groups excluding tert-OH is 1. The first kappa shape index (κ1) is 10.5. The Hall–Kier alpha value is -1.03. The van der Waals surface area contributed by atoms with Crippen LogP contribution in [-0.2, 0) is 6.54 Å². The minimum absolute atomic E-state index is 0.208. The molecule has 0 bridgehead atoms. The van der Waals surface area contributed by atoms with Gasteiger partial charge in [-0.1, -0.05) is 0 Å². The van der Waals surface area contributed by atoms with E-state index in [1.165, 1.54) is 0 Å². The van der Waals surface area contributed by atoms with Crippen molar-refractivity contribution in [3.8, 4) is 0 Å². The number of imidazole rings is 1. The van der Waals surface area contributed by atoms with Gasteiger partial charge in [-0.15, -0.1) is 0 Å². The Morgan fingerprint density at radius 1 is 1.67 bits per heavy atom. The van der Waals surface area contributed by atoms with Crippen molar-refractivity contribution in [1.82, 2.24) is 9.55 Å². The first-order valence-electron chi connectivity index (χ1n) is 5.66. The Morgan fingerprint density at radius 2 is 2.47 bits per heavy atom. The summed E-state index contributed by atoms with van der Waals surface area (Å²) in [5.41, 5.74) is 0. The van der Waals surface area contributed by atoms with Gasteiger partial charge in [-0.25, -0.2) is 4.98 Å². The number of nitrogens with zero attached hydrogens (tertiary/aromatic N) is 3. The zero-order valence-electron chi connectivity index (χ0n) is 9.43. The summed E-state index contributed by atoms with van der Waals surface area (Å²) in [4.78, 5) is 6.63. The molecular weight excluding hydrogens is 190 g/mol. The zero-order chi connectivity index (χ0) is 10.8. The third-order valence-corrected chi connectivity index (χ3v) is 3.22. The molecule has 4 heteroatoms. The molecule has 84 valence electrons. The van der Waals surface area contributed by atoms with Gasteiger partial charge < -0.3 is 14.6 Å². The number of aliphatic hydroxyl groups is 1. The quantitative estimate of drug-likeness (QED) is 0.810. The van der Waals surface area contributed by atoms with Crippen LogP contribution in [0.1, 0.15) is 20.3 Å². The maximum Gasteiger partial charge on any atom is 0.205 e. The number of hydrogen-bond acceptors (Lipinski definition) is 3. The lowest BCUT2D eigenvalue weighted by Gasteiger charge is -2.19. The van der Waals surface area contributed by atoms with Crippen LogP contribution in [0.15, 0.2) is 12.4 Å². The molecule has 0 aliphatic carbocycles. The SMILES string of the molecule is CCn1ccnc1N1CCC(C(C)O)C1. The molecule has 1 aliphatic rings. The fourth-order valence-electron chi connectivity index (χ4n) is 2.19. The molecule has 0 saturated carbocycles. The molecular formula is C11H19N3O. The van der Waals surface area contributed by atoms with Crippen LogP contribution in [0.3, 0.4) is 0 Å². The summed E-state index contributed by atoms with van der Waals surface area (Å²) in [6.45, 7) is 6.88. The molecule has 2 rings (SSSR count). The molecule has 1 aromatic rings. The number of aryl methyl sites for hydroxylation is 1. The second-order valence-electron chi connectivity index (χ2n) is 4.25. The summed E-state index contributed by atoms with van der Waals surface area (Å²) in [7, 11) is 0. The van der Waals surface area contributed by atoms with Gasteiger partial charge in [-0.2, -0.15) is 0 Å². The number of anilines is 1. The van der Waals surface area contributed by atoms with Crippen molar-refractivity contribution in [2.45, 2.75) is 32.9 Å². The van der Waals surface area contributed by atoms with Crippen molar-refractivity contribution in [3.63, 3.8) is 0 Å². The van der Waals surface area contributed by atoms with Crippen molar-refractivity contribution in [2.24, 2.45) is 5.92 Å². The lowest BCUT2D eigenvalue weighted by Crippen LogP contribution is -2.26. The molecule has 2 atom stereocenters. The lowest BCUT2D eigenvalue weighted by molar-refractivity contribution is 0.136. The molecule has 0 amide bonds. The van der Waals surface area contributed by atoms with Crippen molar-refractivity contribution in [3.05, 3.63) is 12.4 Å². The van der Waals surface area contributed by atoms with E-state index in [2.05, 4.69) is 21.4 Å². The molecule has 0 aromatic carbocycles. The monoisotopic (exact) mass is 209 g/mol. The van der Waals surface area contributed by atoms with Gasteiger partial charge in [0.2, 0.25) is 5.95 Å². The van der Waals surface area contributed by atoms with Crippen molar-refractivity contribution < 1.29 is 5.11 Å². The van der Waals surface area contributed by atoms with Crippen molar-refractivity contribution >= 4 is 5.95 Å². The standard InChI is InChI=1S/C11H19N3O/c1-3-13-7-5-12-11(13)14-6-4-10(8-14)9(2)15/h5,7,9-10,15H,3-4,6,8H2,1-2H3. The number of aromatic nitrogens is 2. The highest BCUT2D eigenvalue weighted by atomic mass is 16.3. The van der Waals surface area contributed by atoms with Gasteiger partial charge in [0, 0.05) is 37.9 Å². The number of hydrogen-bond donors (Lipinski definition) is 1. The van der Waals surface area contributed by atoms with Crippen LogP contribution in [0.2, 0.25) is 0 Å². The van der Waals surface area contributed by atoms with Gasteiger partial charge in [-0.05, 0) is 20.3 Å². The van der Waals surface area contributed by atoms with E-state index in [9.17, 15) is 5.11 Å². The molecule has 2 unspecified atom stereocenters. The predicted molar refractivity (Wildman–Crippen MR) is 59.9 cm³/mol. The maximum absolute atomic E-state index is 9.54. The van der Waals surface area contributed by atoms with E-state index in [4.69, 9.17) is 0 Å². The van der Waals surface area contributed by atoms with Crippen LogP contribution in [0, 0.1) is 5.92 Å². The normalized spacial score (nSPS) is 23.4. The average molecular weight is 209 g/mol. The van der Waals surface area contributed by atoms with E-state index in [-0.39, 0.29) is 6.10 Å². The predicted octanol–water partition coefficient (Wildman–Crippen LogP) is 1.11. The van der Waals surface area contributed by atoms with Gasteiger partial charge in [-0.3, -0.25) is 0 Å². The van der Waals surface area contributed by atoms with E-state index in [1.54, 1.807) is 0 Å². The second kappa shape index (κ2) is 4.23. The summed E-state index contributed by atoms with van der Waals surface area (Å²) in [5.74, 6) is 1.44. The van der Waals surface area contributed by atoms with Gasteiger partial charge in [0.1, 0.15) is 0 Å². The van der Waals surface area contributed by atoms with E-state index in [1.807, 2.05) is 19.3 Å². The fraction of sp³-hybridized carbons (Fsp3) is 0.727. The molecule has 1 aliphatic heterocycles. The molecule has 15 heavy (non-hydrogen) atoms. The van der Waals surface area contributed by atoms with Crippen molar-refractivity contribution in [1.29, 1.82) is 0 Å². The molecule has 1 fully saturated rings. The Kier molecular flexibility index (Phi) is 2.95. The van der Waals surface area contributed by atoms with E-state index < -0.39 is 0 Å². The van der Waals surface area contributed by atoms with Gasteiger partial charge in [0.25, 0.3) is 0 Å². The topological polar surface area (TPSA) is 41.3 Å². The lowest BCUT2D eigenvalue weighted by atomic mass is 10.0. The fourth-order valence-corrected chi connectivity index (χ4v) is 2.19. The Labute approximate surface area is 90.5 Å². The maximum atomic E-state index is 9.54. The summed E-state index contributed by atoms with van der Waals surface area (Å²) >= 11 is 0. The minimum Gasteiger partial charge on any atom is -0.393 e. The molecule has 0 spiro atoms. The van der Waals surface area contributed by atoms with E-state index in [0.29, 0.717) is 5.92 Å². The zero-order valence-corrected chi connectivity index (χ0v) is 9.43. The van der Waals surface area contributed by atoms with Crippen LogP contribution in [0.5, 0.6) is 0 Å². The number of rotatable bonds is 3. The third kappa shape index (κ3) is 2.00. The van der Waals surface area contributed by atoms with Gasteiger partial charge in [0.05, 0.1) is 6.10 Å². The summed E-state index contributed by atoms with van der Waals surface area (Å²) in [6.07, 6.45) is 4.70. The highest BCUT2D eigenvalue weighted by molar-refractivity contribution is 5.33. The third-order valence-electron chi connectivity index (χ3n) is 3.22. The second-order valence-corrected chi connectivity index (χ2v) is 4.25. The molecule has 1 saturated heterocycles. The van der Waals surface area contributed by atoms with Crippen LogP contribution in [-0.4, -0.2) is 33.9 Å². The average Bonchev–Trinajstić information content (AvgIpc) is 2.85. The largest absolute Gasteiger partial charge is 0.393 e. The highest BCUT2D eigenvalue weighted by Gasteiger charge is 2.27. The van der Waals surface area contributed by atoms with Crippen LogP contribution in [0.4, 0.5) is 5.95 Å². The molecule has 0 radical (unpaired) electrons. The Bertz CT molecular complexity index is 321.